The number of carbonyl (C=O) groups excluding carboxylic acids is 1. The largest absolute Gasteiger partial charge is 0.488 e. The highest BCUT2D eigenvalue weighted by Crippen LogP contribution is 2.25. The van der Waals surface area contributed by atoms with Gasteiger partial charge in [-0.05, 0) is 88.0 Å². The first kappa shape index (κ1) is 24.4. The van der Waals surface area contributed by atoms with Crippen LogP contribution in [0.15, 0.2) is 40.9 Å². The van der Waals surface area contributed by atoms with Crippen LogP contribution in [0.25, 0.3) is 0 Å². The van der Waals surface area contributed by atoms with Gasteiger partial charge in [-0.2, -0.15) is 0 Å². The molecule has 0 bridgehead atoms. The van der Waals surface area contributed by atoms with Crippen molar-refractivity contribution in [1.29, 1.82) is 0 Å². The van der Waals surface area contributed by atoms with Crippen LogP contribution in [0.3, 0.4) is 0 Å². The lowest BCUT2D eigenvalue weighted by molar-refractivity contribution is 0.102. The highest BCUT2D eigenvalue weighted by Gasteiger charge is 2.14. The summed E-state index contributed by atoms with van der Waals surface area (Å²) in [6.45, 7) is 8.73. The molecule has 31 heavy (non-hydrogen) atoms. The molecule has 1 heterocycles. The van der Waals surface area contributed by atoms with Gasteiger partial charge in [-0.3, -0.25) is 4.79 Å². The summed E-state index contributed by atoms with van der Waals surface area (Å²) in [5.74, 6) is 1.35. The monoisotopic (exact) mass is 443 g/mol. The number of hydrogen-bond acceptors (Lipinski definition) is 5. The van der Waals surface area contributed by atoms with Crippen LogP contribution in [0, 0.1) is 27.7 Å². The number of anilines is 1. The van der Waals surface area contributed by atoms with Crippen molar-refractivity contribution in [3.8, 4) is 5.75 Å². The summed E-state index contributed by atoms with van der Waals surface area (Å²) in [4.78, 5) is 12.9. The Bertz CT molecular complexity index is 1030. The van der Waals surface area contributed by atoms with Crippen molar-refractivity contribution in [1.82, 2.24) is 5.16 Å². The molecule has 3 rings (SSSR count). The molecule has 0 radical (unpaired) electrons. The van der Waals surface area contributed by atoms with Gasteiger partial charge in [0.1, 0.15) is 18.1 Å². The van der Waals surface area contributed by atoms with E-state index in [0.717, 1.165) is 58.0 Å². The predicted octanol–water partition coefficient (Wildman–Crippen LogP) is 5.05. The van der Waals surface area contributed by atoms with Crippen molar-refractivity contribution in [2.24, 2.45) is 5.73 Å². The van der Waals surface area contributed by atoms with E-state index in [2.05, 4.69) is 10.5 Å². The molecule has 7 heteroatoms. The van der Waals surface area contributed by atoms with E-state index in [9.17, 15) is 4.79 Å². The van der Waals surface area contributed by atoms with E-state index >= 15 is 0 Å². The van der Waals surface area contributed by atoms with Crippen molar-refractivity contribution in [3.63, 3.8) is 0 Å². The Morgan fingerprint density at radius 2 is 1.94 bits per heavy atom. The van der Waals surface area contributed by atoms with Crippen molar-refractivity contribution in [2.75, 3.05) is 11.9 Å². The van der Waals surface area contributed by atoms with Crippen LogP contribution >= 0.6 is 12.4 Å². The topological polar surface area (TPSA) is 90.4 Å². The average molecular weight is 444 g/mol. The fourth-order valence-electron chi connectivity index (χ4n) is 3.29. The van der Waals surface area contributed by atoms with E-state index in [1.165, 1.54) is 0 Å². The molecule has 0 unspecified atom stereocenters. The molecular formula is C24H30ClN3O3. The van der Waals surface area contributed by atoms with Gasteiger partial charge in [0.15, 0.2) is 0 Å². The molecule has 0 fully saturated rings. The van der Waals surface area contributed by atoms with Crippen LogP contribution in [-0.4, -0.2) is 17.6 Å². The van der Waals surface area contributed by atoms with Gasteiger partial charge in [0.2, 0.25) is 0 Å². The first-order chi connectivity index (χ1) is 14.4. The zero-order valence-corrected chi connectivity index (χ0v) is 19.3. The number of carbonyl (C=O) groups is 1. The summed E-state index contributed by atoms with van der Waals surface area (Å²) in [7, 11) is 0. The molecule has 0 saturated heterocycles. The first-order valence-electron chi connectivity index (χ1n) is 10.2. The third-order valence-electron chi connectivity index (χ3n) is 5.38. The molecular weight excluding hydrogens is 414 g/mol. The summed E-state index contributed by atoms with van der Waals surface area (Å²) in [6.07, 6.45) is 1.54. The smallest absolute Gasteiger partial charge is 0.255 e. The summed E-state index contributed by atoms with van der Waals surface area (Å²) in [5.41, 5.74) is 12.0. The van der Waals surface area contributed by atoms with Gasteiger partial charge in [-0.25, -0.2) is 0 Å². The molecule has 0 aliphatic carbocycles. The predicted molar refractivity (Wildman–Crippen MR) is 125 cm³/mol. The van der Waals surface area contributed by atoms with Gasteiger partial charge in [0, 0.05) is 11.3 Å². The molecule has 3 N–H and O–H groups in total. The first-order valence-corrected chi connectivity index (χ1v) is 10.2. The van der Waals surface area contributed by atoms with E-state index in [0.29, 0.717) is 18.7 Å². The Hall–Kier alpha value is -2.83. The molecule has 3 aromatic rings. The fraction of sp³-hybridized carbons (Fsp3) is 0.333. The van der Waals surface area contributed by atoms with Crippen molar-refractivity contribution in [2.45, 2.75) is 47.1 Å². The molecule has 0 aliphatic heterocycles. The average Bonchev–Trinajstić information content (AvgIpc) is 3.06. The van der Waals surface area contributed by atoms with Crippen molar-refractivity contribution in [3.05, 3.63) is 75.7 Å². The second-order valence-corrected chi connectivity index (χ2v) is 7.51. The molecule has 2 aromatic carbocycles. The molecule has 1 amide bonds. The maximum absolute atomic E-state index is 12.9. The SMILES string of the molecule is Cc1cccc(NC(=O)c2ccc(OCc3c(C)noc3C)c(CCCN)c2)c1C.Cl. The normalized spacial score (nSPS) is 10.5. The number of nitrogens with zero attached hydrogens (tertiary/aromatic N) is 1. The van der Waals surface area contributed by atoms with Gasteiger partial charge < -0.3 is 20.3 Å². The van der Waals surface area contributed by atoms with Crippen LogP contribution in [-0.2, 0) is 13.0 Å². The van der Waals surface area contributed by atoms with Crippen molar-refractivity contribution < 1.29 is 14.1 Å². The summed E-state index contributed by atoms with van der Waals surface area (Å²) >= 11 is 0. The Morgan fingerprint density at radius 3 is 2.61 bits per heavy atom. The Kier molecular flexibility index (Phi) is 8.65. The van der Waals surface area contributed by atoms with Gasteiger partial charge in [-0.1, -0.05) is 17.3 Å². The van der Waals surface area contributed by atoms with Crippen LogP contribution in [0.2, 0.25) is 0 Å². The molecule has 0 atom stereocenters. The number of amides is 1. The number of nitrogens with two attached hydrogens (primary N) is 1. The molecule has 166 valence electrons. The number of halogens is 1. The zero-order chi connectivity index (χ0) is 21.7. The maximum atomic E-state index is 12.9. The van der Waals surface area contributed by atoms with Gasteiger partial charge >= 0.3 is 0 Å². The van der Waals surface area contributed by atoms with Crippen LogP contribution in [0.4, 0.5) is 5.69 Å². The molecule has 6 nitrogen and oxygen atoms in total. The standard InChI is InChI=1S/C24H29N3O3.ClH/c1-15-7-5-9-22(16(15)2)26-24(28)20-10-11-23(19(13-20)8-6-12-25)29-14-21-17(3)27-30-18(21)4;/h5,7,9-11,13H,6,8,12,14,25H2,1-4H3,(H,26,28);1H. The number of rotatable bonds is 8. The van der Waals surface area contributed by atoms with Gasteiger partial charge in [0.25, 0.3) is 5.91 Å². The van der Waals surface area contributed by atoms with Crippen LogP contribution < -0.4 is 15.8 Å². The minimum absolute atomic E-state index is 0. The second-order valence-electron chi connectivity index (χ2n) is 7.51. The third-order valence-corrected chi connectivity index (χ3v) is 5.38. The Labute approximate surface area is 189 Å². The lowest BCUT2D eigenvalue weighted by Crippen LogP contribution is -2.14. The summed E-state index contributed by atoms with van der Waals surface area (Å²) in [6, 6.07) is 11.4. The Morgan fingerprint density at radius 1 is 1.16 bits per heavy atom. The minimum Gasteiger partial charge on any atom is -0.488 e. The van der Waals surface area contributed by atoms with Crippen LogP contribution in [0.1, 0.15) is 50.5 Å². The molecule has 0 aliphatic rings. The number of hydrogen-bond donors (Lipinski definition) is 2. The third kappa shape index (κ3) is 5.87. The number of aromatic nitrogens is 1. The molecule has 0 spiro atoms. The second kappa shape index (κ2) is 11.0. The fourth-order valence-corrected chi connectivity index (χ4v) is 3.29. The number of ether oxygens (including phenoxy) is 1. The minimum atomic E-state index is -0.144. The quantitative estimate of drug-likeness (QED) is 0.508. The maximum Gasteiger partial charge on any atom is 0.255 e. The lowest BCUT2D eigenvalue weighted by Gasteiger charge is -2.14. The molecule has 0 saturated carbocycles. The summed E-state index contributed by atoms with van der Waals surface area (Å²) in [5, 5.41) is 6.98. The van der Waals surface area contributed by atoms with E-state index in [1.54, 1.807) is 6.07 Å². The van der Waals surface area contributed by atoms with E-state index < -0.39 is 0 Å². The van der Waals surface area contributed by atoms with Crippen LogP contribution in [0.5, 0.6) is 5.75 Å². The Balaban J connectivity index is 0.00000341. The summed E-state index contributed by atoms with van der Waals surface area (Å²) < 4.78 is 11.3. The number of aryl methyl sites for hydroxylation is 4. The highest BCUT2D eigenvalue weighted by atomic mass is 35.5. The van der Waals surface area contributed by atoms with E-state index in [4.69, 9.17) is 15.0 Å². The number of benzene rings is 2. The lowest BCUT2D eigenvalue weighted by atomic mass is 10.0. The van der Waals surface area contributed by atoms with Crippen molar-refractivity contribution >= 4 is 24.0 Å². The van der Waals surface area contributed by atoms with Gasteiger partial charge in [0.05, 0.1) is 11.3 Å². The van der Waals surface area contributed by atoms with E-state index in [-0.39, 0.29) is 18.3 Å². The van der Waals surface area contributed by atoms with Gasteiger partial charge in [-0.15, -0.1) is 12.4 Å². The highest BCUT2D eigenvalue weighted by molar-refractivity contribution is 6.05. The number of nitrogens with one attached hydrogen (secondary N) is 1. The van der Waals surface area contributed by atoms with E-state index in [1.807, 2.05) is 58.0 Å². The molecule has 1 aromatic heterocycles. The zero-order valence-electron chi connectivity index (χ0n) is 18.5.